The van der Waals surface area contributed by atoms with Crippen LogP contribution in [-0.4, -0.2) is 29.3 Å². The minimum atomic E-state index is -0.900. The van der Waals surface area contributed by atoms with Gasteiger partial charge in [0.25, 0.3) is 0 Å². The van der Waals surface area contributed by atoms with Crippen LogP contribution in [0, 0.1) is 13.8 Å². The number of fused-ring (bicyclic) bond motifs is 1. The molecule has 0 bridgehead atoms. The van der Waals surface area contributed by atoms with Crippen molar-refractivity contribution in [3.63, 3.8) is 0 Å². The van der Waals surface area contributed by atoms with Crippen LogP contribution in [0.1, 0.15) is 47.8 Å². The van der Waals surface area contributed by atoms with Gasteiger partial charge >= 0.3 is 0 Å². The van der Waals surface area contributed by atoms with E-state index in [9.17, 15) is 9.59 Å². The van der Waals surface area contributed by atoms with E-state index >= 15 is 0 Å². The van der Waals surface area contributed by atoms with E-state index in [1.165, 1.54) is 20.1 Å². The predicted octanol–water partition coefficient (Wildman–Crippen LogP) is 5.50. The van der Waals surface area contributed by atoms with E-state index in [0.717, 1.165) is 27.6 Å². The summed E-state index contributed by atoms with van der Waals surface area (Å²) in [4.78, 5) is 29.1. The van der Waals surface area contributed by atoms with E-state index in [4.69, 9.17) is 9.47 Å². The number of ether oxygens (including phenoxy) is 2. The molecule has 0 fully saturated rings. The molecule has 31 heavy (non-hydrogen) atoms. The average Bonchev–Trinajstić information content (AvgIpc) is 2.73. The predicted molar refractivity (Wildman–Crippen MR) is 123 cm³/mol. The van der Waals surface area contributed by atoms with Crippen molar-refractivity contribution in [2.24, 2.45) is 0 Å². The molecule has 5 heteroatoms. The molecule has 0 unspecified atom stereocenters. The first-order valence-electron chi connectivity index (χ1n) is 10.1. The van der Waals surface area contributed by atoms with Crippen molar-refractivity contribution in [2.75, 3.05) is 7.11 Å². The minimum absolute atomic E-state index is 0.0428. The van der Waals surface area contributed by atoms with Gasteiger partial charge in [-0.3, -0.25) is 9.59 Å². The molecule has 0 aliphatic heterocycles. The monoisotopic (exact) mass is 417 g/mol. The van der Waals surface area contributed by atoms with E-state index in [2.05, 4.69) is 4.98 Å². The summed E-state index contributed by atoms with van der Waals surface area (Å²) in [6.07, 6.45) is 3.28. The zero-order valence-electron chi connectivity index (χ0n) is 18.8. The lowest BCUT2D eigenvalue weighted by Crippen LogP contribution is -2.36. The number of Topliss-reactive ketones (excluding diaryl/α,β-unsaturated/α-hetero) is 1. The molecular formula is C26H27NO4. The number of hydrogen-bond acceptors (Lipinski definition) is 5. The normalized spacial score (nSPS) is 11.7. The number of benzene rings is 2. The van der Waals surface area contributed by atoms with Gasteiger partial charge in [-0.15, -0.1) is 0 Å². The Morgan fingerprint density at radius 3 is 2.29 bits per heavy atom. The van der Waals surface area contributed by atoms with Gasteiger partial charge in [0, 0.05) is 5.39 Å². The van der Waals surface area contributed by atoms with Crippen LogP contribution in [0.25, 0.3) is 17.0 Å². The lowest BCUT2D eigenvalue weighted by Gasteiger charge is -2.26. The molecule has 0 amide bonds. The summed E-state index contributed by atoms with van der Waals surface area (Å²) in [6.45, 7) is 8.88. The standard InChI is InChI=1S/C26H27NO4/c1-16-13-19(14-17(2)24(16)31-26(4,5)18(3)28)11-12-23(29)21-15-20-9-7-8-10-22(20)27-25(21)30-6/h7-15H,1-6H3/b12-11+. The van der Waals surface area contributed by atoms with Gasteiger partial charge in [0.2, 0.25) is 5.88 Å². The van der Waals surface area contributed by atoms with Gasteiger partial charge in [0.15, 0.2) is 17.2 Å². The molecule has 3 aromatic rings. The molecule has 0 spiro atoms. The number of aryl methyl sites for hydroxylation is 2. The lowest BCUT2D eigenvalue weighted by molar-refractivity contribution is -0.129. The van der Waals surface area contributed by atoms with Crippen LogP contribution in [-0.2, 0) is 4.79 Å². The number of carbonyl (C=O) groups excluding carboxylic acids is 2. The minimum Gasteiger partial charge on any atom is -0.480 e. The van der Waals surface area contributed by atoms with Gasteiger partial charge in [-0.05, 0) is 81.7 Å². The zero-order valence-corrected chi connectivity index (χ0v) is 18.8. The molecule has 1 aromatic heterocycles. The number of pyridine rings is 1. The van der Waals surface area contributed by atoms with Crippen molar-refractivity contribution in [1.82, 2.24) is 4.98 Å². The largest absolute Gasteiger partial charge is 0.480 e. The number of rotatable bonds is 7. The van der Waals surface area contributed by atoms with Gasteiger partial charge in [-0.25, -0.2) is 4.98 Å². The van der Waals surface area contributed by atoms with Crippen molar-refractivity contribution in [3.8, 4) is 11.6 Å². The topological polar surface area (TPSA) is 65.5 Å². The molecule has 1 heterocycles. The van der Waals surface area contributed by atoms with Crippen LogP contribution in [0.2, 0.25) is 0 Å². The summed E-state index contributed by atoms with van der Waals surface area (Å²) in [5.74, 6) is 0.752. The Bertz CT molecular complexity index is 1170. The second kappa shape index (κ2) is 8.72. The van der Waals surface area contributed by atoms with Crippen molar-refractivity contribution >= 4 is 28.5 Å². The fourth-order valence-corrected chi connectivity index (χ4v) is 3.26. The number of aromatic nitrogens is 1. The SMILES string of the molecule is COc1nc2ccccc2cc1C(=O)/C=C/c1cc(C)c(OC(C)(C)C(C)=O)c(C)c1. The zero-order chi connectivity index (χ0) is 22.8. The van der Waals surface area contributed by atoms with Crippen LogP contribution in [0.3, 0.4) is 0 Å². The van der Waals surface area contributed by atoms with Gasteiger partial charge in [-0.1, -0.05) is 24.3 Å². The molecule has 0 atom stereocenters. The van der Waals surface area contributed by atoms with E-state index < -0.39 is 5.60 Å². The van der Waals surface area contributed by atoms with E-state index in [1.807, 2.05) is 50.2 Å². The molecule has 0 aliphatic rings. The van der Waals surface area contributed by atoms with Crippen molar-refractivity contribution in [3.05, 3.63) is 70.8 Å². The Labute approximate surface area is 182 Å². The van der Waals surface area contributed by atoms with Crippen LogP contribution >= 0.6 is 0 Å². The first-order chi connectivity index (χ1) is 14.6. The van der Waals surface area contributed by atoms with Crippen molar-refractivity contribution in [2.45, 2.75) is 40.2 Å². The molecule has 5 nitrogen and oxygen atoms in total. The summed E-state index contributed by atoms with van der Waals surface area (Å²) in [5.41, 5.74) is 2.94. The number of allylic oxidation sites excluding steroid dienone is 1. The highest BCUT2D eigenvalue weighted by molar-refractivity contribution is 6.10. The maximum absolute atomic E-state index is 12.9. The fourth-order valence-electron chi connectivity index (χ4n) is 3.26. The first-order valence-corrected chi connectivity index (χ1v) is 10.1. The van der Waals surface area contributed by atoms with Crippen LogP contribution in [0.15, 0.2) is 48.5 Å². The number of hydrogen-bond donors (Lipinski definition) is 0. The number of methoxy groups -OCH3 is 1. The third kappa shape index (κ3) is 4.82. The fraction of sp³-hybridized carbons (Fsp3) is 0.269. The van der Waals surface area contributed by atoms with Gasteiger partial charge in [-0.2, -0.15) is 0 Å². The number of ketones is 2. The van der Waals surface area contributed by atoms with Gasteiger partial charge in [0.05, 0.1) is 18.2 Å². The highest BCUT2D eigenvalue weighted by Gasteiger charge is 2.27. The lowest BCUT2D eigenvalue weighted by atomic mass is 10.0. The van der Waals surface area contributed by atoms with Gasteiger partial charge in [0.1, 0.15) is 5.75 Å². The third-order valence-corrected chi connectivity index (χ3v) is 5.26. The van der Waals surface area contributed by atoms with Crippen LogP contribution in [0.5, 0.6) is 11.6 Å². The molecule has 0 radical (unpaired) electrons. The summed E-state index contributed by atoms with van der Waals surface area (Å²) >= 11 is 0. The third-order valence-electron chi connectivity index (χ3n) is 5.26. The Hall–Kier alpha value is -3.47. The molecule has 0 saturated carbocycles. The highest BCUT2D eigenvalue weighted by Crippen LogP contribution is 2.30. The Morgan fingerprint density at radius 2 is 1.68 bits per heavy atom. The summed E-state index contributed by atoms with van der Waals surface area (Å²) in [6, 6.07) is 13.2. The molecule has 0 aliphatic carbocycles. The van der Waals surface area contributed by atoms with Crippen molar-refractivity contribution in [1.29, 1.82) is 0 Å². The first kappa shape index (κ1) is 22.2. The highest BCUT2D eigenvalue weighted by atomic mass is 16.5. The molecule has 3 rings (SSSR count). The Morgan fingerprint density at radius 1 is 1.03 bits per heavy atom. The maximum atomic E-state index is 12.9. The van der Waals surface area contributed by atoms with E-state index in [1.54, 1.807) is 26.0 Å². The van der Waals surface area contributed by atoms with Crippen LogP contribution in [0.4, 0.5) is 0 Å². The molecule has 2 aromatic carbocycles. The second-order valence-corrected chi connectivity index (χ2v) is 8.09. The average molecular weight is 418 g/mol. The number of nitrogens with zero attached hydrogens (tertiary/aromatic N) is 1. The number of para-hydroxylation sites is 1. The molecule has 160 valence electrons. The molecule has 0 saturated heterocycles. The van der Waals surface area contributed by atoms with Gasteiger partial charge < -0.3 is 9.47 Å². The summed E-state index contributed by atoms with van der Waals surface area (Å²) in [7, 11) is 1.51. The Balaban J connectivity index is 1.89. The quantitative estimate of drug-likeness (QED) is 0.375. The smallest absolute Gasteiger partial charge is 0.225 e. The molecular weight excluding hydrogens is 390 g/mol. The maximum Gasteiger partial charge on any atom is 0.225 e. The number of carbonyl (C=O) groups is 2. The van der Waals surface area contributed by atoms with E-state index in [-0.39, 0.29) is 11.6 Å². The summed E-state index contributed by atoms with van der Waals surface area (Å²) in [5, 5.41) is 0.876. The Kier molecular flexibility index (Phi) is 6.25. The van der Waals surface area contributed by atoms with Crippen LogP contribution < -0.4 is 9.47 Å². The molecule has 0 N–H and O–H groups in total. The second-order valence-electron chi connectivity index (χ2n) is 8.09. The van der Waals surface area contributed by atoms with E-state index in [0.29, 0.717) is 17.2 Å². The summed E-state index contributed by atoms with van der Waals surface area (Å²) < 4.78 is 11.3. The van der Waals surface area contributed by atoms with Crippen molar-refractivity contribution < 1.29 is 19.1 Å².